The van der Waals surface area contributed by atoms with Crippen LogP contribution in [0.2, 0.25) is 0 Å². The highest BCUT2D eigenvalue weighted by Gasteiger charge is 2.18. The predicted molar refractivity (Wildman–Crippen MR) is 78.5 cm³/mol. The van der Waals surface area contributed by atoms with Crippen LogP contribution in [0, 0.1) is 6.92 Å². The van der Waals surface area contributed by atoms with Crippen LogP contribution >= 0.6 is 0 Å². The van der Waals surface area contributed by atoms with E-state index in [9.17, 15) is 13.8 Å². The van der Waals surface area contributed by atoms with Crippen LogP contribution in [0.1, 0.15) is 5.56 Å². The zero-order valence-electron chi connectivity index (χ0n) is 11.5. The molecule has 0 bridgehead atoms. The molecule has 1 aromatic rings. The highest BCUT2D eigenvalue weighted by Crippen LogP contribution is 2.15. The van der Waals surface area contributed by atoms with Gasteiger partial charge in [-0.1, -0.05) is 17.7 Å². The number of urea groups is 1. The Bertz CT molecular complexity index is 502. The summed E-state index contributed by atoms with van der Waals surface area (Å²) in [6, 6.07) is 6.48. The van der Waals surface area contributed by atoms with Crippen molar-refractivity contribution in [2.24, 2.45) is 0 Å². The number of aryl methyl sites for hydroxylation is 1. The van der Waals surface area contributed by atoms with Crippen molar-refractivity contribution in [3.05, 3.63) is 29.8 Å². The predicted octanol–water partition coefficient (Wildman–Crippen LogP) is 0.974. The van der Waals surface area contributed by atoms with Crippen molar-refractivity contribution in [1.29, 1.82) is 0 Å². The number of rotatable bonds is 6. The fraction of sp³-hybridized carbons (Fsp3) is 0.385. The van der Waals surface area contributed by atoms with Gasteiger partial charge in [0, 0.05) is 35.0 Å². The average Bonchev–Trinajstić information content (AvgIpc) is 2.36. The third-order valence-corrected chi connectivity index (χ3v) is 3.33. The van der Waals surface area contributed by atoms with Crippen molar-refractivity contribution in [2.45, 2.75) is 6.92 Å². The minimum absolute atomic E-state index is 0.240. The number of carboxylic acids is 1. The van der Waals surface area contributed by atoms with E-state index in [2.05, 4.69) is 5.32 Å². The lowest BCUT2D eigenvalue weighted by atomic mass is 10.2. The lowest BCUT2D eigenvalue weighted by Crippen LogP contribution is -2.44. The summed E-state index contributed by atoms with van der Waals surface area (Å²) < 4.78 is 10.9. The fourth-order valence-electron chi connectivity index (χ4n) is 1.54. The van der Waals surface area contributed by atoms with Crippen molar-refractivity contribution in [3.63, 3.8) is 0 Å². The van der Waals surface area contributed by atoms with E-state index in [0.717, 1.165) is 10.5 Å². The second-order valence-electron chi connectivity index (χ2n) is 4.32. The molecule has 0 saturated carbocycles. The van der Waals surface area contributed by atoms with Crippen LogP contribution < -0.4 is 10.2 Å². The van der Waals surface area contributed by atoms with Gasteiger partial charge in [-0.3, -0.25) is 13.9 Å². The summed E-state index contributed by atoms with van der Waals surface area (Å²) in [5.41, 5.74) is 1.53. The summed E-state index contributed by atoms with van der Waals surface area (Å²) >= 11 is 0. The van der Waals surface area contributed by atoms with Crippen LogP contribution in [-0.2, 0) is 15.6 Å². The second-order valence-corrected chi connectivity index (χ2v) is 5.88. The molecule has 1 unspecified atom stereocenters. The summed E-state index contributed by atoms with van der Waals surface area (Å²) in [7, 11) is -1.00. The molecule has 0 fully saturated rings. The Kier molecular flexibility index (Phi) is 6.17. The number of anilines is 1. The largest absolute Gasteiger partial charge is 0.480 e. The van der Waals surface area contributed by atoms with Crippen molar-refractivity contribution in [2.75, 3.05) is 30.0 Å². The molecule has 0 aliphatic carbocycles. The first-order valence-corrected chi connectivity index (χ1v) is 7.76. The Balaban J connectivity index is 2.77. The molecule has 1 aromatic carbocycles. The maximum atomic E-state index is 12.0. The van der Waals surface area contributed by atoms with Crippen molar-refractivity contribution >= 4 is 28.5 Å². The number of aliphatic carboxylic acids is 1. The topological polar surface area (TPSA) is 86.7 Å². The number of carbonyl (C=O) groups excluding carboxylic acids is 1. The lowest BCUT2D eigenvalue weighted by Gasteiger charge is -2.21. The number of nitrogens with one attached hydrogen (secondary N) is 1. The number of nitrogens with zero attached hydrogens (tertiary/aromatic N) is 1. The number of hydrogen-bond donors (Lipinski definition) is 2. The van der Waals surface area contributed by atoms with Crippen LogP contribution in [-0.4, -0.2) is 46.4 Å². The van der Waals surface area contributed by atoms with Gasteiger partial charge in [0.15, 0.2) is 0 Å². The normalized spacial score (nSPS) is 11.7. The van der Waals surface area contributed by atoms with E-state index in [-0.39, 0.29) is 6.54 Å². The summed E-state index contributed by atoms with van der Waals surface area (Å²) in [5, 5.41) is 11.5. The molecule has 0 saturated heterocycles. The molecule has 0 aliphatic rings. The Morgan fingerprint density at radius 3 is 2.40 bits per heavy atom. The van der Waals surface area contributed by atoms with Gasteiger partial charge in [0.05, 0.1) is 0 Å². The quantitative estimate of drug-likeness (QED) is 0.819. The first-order chi connectivity index (χ1) is 9.40. The van der Waals surface area contributed by atoms with Gasteiger partial charge in [-0.2, -0.15) is 0 Å². The van der Waals surface area contributed by atoms with E-state index in [1.165, 1.54) is 0 Å². The molecule has 2 N–H and O–H groups in total. The molecule has 0 spiro atoms. The second kappa shape index (κ2) is 7.64. The smallest absolute Gasteiger partial charge is 0.323 e. The van der Waals surface area contributed by atoms with E-state index in [4.69, 9.17) is 5.11 Å². The highest BCUT2D eigenvalue weighted by atomic mass is 32.2. The first-order valence-electron chi connectivity index (χ1n) is 6.04. The van der Waals surface area contributed by atoms with Gasteiger partial charge in [-0.05, 0) is 19.1 Å². The lowest BCUT2D eigenvalue weighted by molar-refractivity contribution is -0.135. The third-order valence-electron chi connectivity index (χ3n) is 2.55. The monoisotopic (exact) mass is 298 g/mol. The van der Waals surface area contributed by atoms with Gasteiger partial charge in [-0.25, -0.2) is 4.79 Å². The molecule has 0 heterocycles. The minimum atomic E-state index is -1.10. The van der Waals surface area contributed by atoms with Crippen molar-refractivity contribution in [1.82, 2.24) is 5.32 Å². The molecule has 2 amide bonds. The number of amides is 2. The van der Waals surface area contributed by atoms with Gasteiger partial charge in [-0.15, -0.1) is 0 Å². The first kappa shape index (κ1) is 16.2. The van der Waals surface area contributed by atoms with E-state index >= 15 is 0 Å². The molecule has 0 aromatic heterocycles. The number of carbonyl (C=O) groups is 2. The molecule has 1 atom stereocenters. The summed E-state index contributed by atoms with van der Waals surface area (Å²) in [6.07, 6.45) is 1.54. The molecular weight excluding hydrogens is 280 g/mol. The van der Waals surface area contributed by atoms with Gasteiger partial charge in [0.1, 0.15) is 6.54 Å². The number of carboxylic acid groups (broad SMARTS) is 1. The zero-order valence-corrected chi connectivity index (χ0v) is 12.3. The average molecular weight is 298 g/mol. The number of hydrogen-bond acceptors (Lipinski definition) is 3. The maximum absolute atomic E-state index is 12.0. The molecule has 1 rings (SSSR count). The maximum Gasteiger partial charge on any atom is 0.323 e. The van der Waals surface area contributed by atoms with Crippen molar-refractivity contribution < 1.29 is 18.9 Å². The molecule has 0 radical (unpaired) electrons. The van der Waals surface area contributed by atoms with E-state index < -0.39 is 29.3 Å². The van der Waals surface area contributed by atoms with Crippen LogP contribution in [0.15, 0.2) is 24.3 Å². The Hall–Kier alpha value is -1.89. The fourth-order valence-corrected chi connectivity index (χ4v) is 1.93. The van der Waals surface area contributed by atoms with E-state index in [1.54, 1.807) is 30.5 Å². The molecule has 110 valence electrons. The Morgan fingerprint density at radius 2 is 1.90 bits per heavy atom. The van der Waals surface area contributed by atoms with Gasteiger partial charge in [0.25, 0.3) is 0 Å². The van der Waals surface area contributed by atoms with Crippen LogP contribution in [0.25, 0.3) is 0 Å². The highest BCUT2D eigenvalue weighted by molar-refractivity contribution is 7.84. The molecule has 6 nitrogen and oxygen atoms in total. The van der Waals surface area contributed by atoms with Crippen molar-refractivity contribution in [3.8, 4) is 0 Å². The SMILES string of the molecule is Cc1ccc(N(CC(=O)O)C(=O)NCCS(C)=O)cc1. The van der Waals surface area contributed by atoms with Gasteiger partial charge < -0.3 is 10.4 Å². The van der Waals surface area contributed by atoms with Crippen LogP contribution in [0.4, 0.5) is 10.5 Å². The van der Waals surface area contributed by atoms with Gasteiger partial charge >= 0.3 is 12.0 Å². The molecule has 20 heavy (non-hydrogen) atoms. The zero-order chi connectivity index (χ0) is 15.1. The van der Waals surface area contributed by atoms with E-state index in [0.29, 0.717) is 11.4 Å². The van der Waals surface area contributed by atoms with E-state index in [1.807, 2.05) is 6.92 Å². The Labute approximate surface area is 120 Å². The van der Waals surface area contributed by atoms with Gasteiger partial charge in [0.2, 0.25) is 0 Å². The summed E-state index contributed by atoms with van der Waals surface area (Å²) in [5.74, 6) is -0.764. The molecule has 7 heteroatoms. The number of benzene rings is 1. The van der Waals surface area contributed by atoms with Crippen LogP contribution in [0.5, 0.6) is 0 Å². The molecular formula is C13H18N2O4S. The summed E-state index contributed by atoms with van der Waals surface area (Å²) in [4.78, 5) is 24.0. The standard InChI is InChI=1S/C13H18N2O4S/c1-10-3-5-11(6-4-10)15(9-12(16)17)13(18)14-7-8-20(2)19/h3-6H,7-9H2,1-2H3,(H,14,18)(H,16,17). The Morgan fingerprint density at radius 1 is 1.30 bits per heavy atom. The molecule has 0 aliphatic heterocycles. The third kappa shape index (κ3) is 5.40. The summed E-state index contributed by atoms with van der Waals surface area (Å²) in [6.45, 7) is 1.72. The minimum Gasteiger partial charge on any atom is -0.480 e. The van der Waals surface area contributed by atoms with Crippen LogP contribution in [0.3, 0.4) is 0 Å².